The van der Waals surface area contributed by atoms with E-state index in [9.17, 15) is 14.4 Å². The highest BCUT2D eigenvalue weighted by atomic mass is 32.2. The number of ether oxygens (including phenoxy) is 2. The fourth-order valence-corrected chi connectivity index (χ4v) is 2.03. The lowest BCUT2D eigenvalue weighted by Crippen LogP contribution is -2.35. The molecule has 0 aliphatic heterocycles. The van der Waals surface area contributed by atoms with E-state index in [2.05, 4.69) is 0 Å². The molecule has 22 heavy (non-hydrogen) atoms. The van der Waals surface area contributed by atoms with E-state index in [1.54, 1.807) is 37.3 Å². The average molecular weight is 326 g/mol. The van der Waals surface area contributed by atoms with Crippen molar-refractivity contribution in [1.82, 2.24) is 0 Å². The number of rotatable bonds is 8. The van der Waals surface area contributed by atoms with Crippen molar-refractivity contribution in [2.45, 2.75) is 20.0 Å². The van der Waals surface area contributed by atoms with E-state index in [-0.39, 0.29) is 17.5 Å². The molecule has 1 rings (SSSR count). The number of carboxylic acid groups (broad SMARTS) is 1. The Bertz CT molecular complexity index is 516. The van der Waals surface area contributed by atoms with Gasteiger partial charge in [-0.05, 0) is 12.1 Å². The molecule has 1 aromatic carbocycles. The second kappa shape index (κ2) is 9.09. The monoisotopic (exact) mass is 326 g/mol. The van der Waals surface area contributed by atoms with Gasteiger partial charge in [0.25, 0.3) is 0 Å². The first kappa shape index (κ1) is 18.0. The largest absolute Gasteiger partial charge is 0.489 e. The number of esters is 1. The van der Waals surface area contributed by atoms with Crippen LogP contribution in [-0.4, -0.2) is 40.6 Å². The van der Waals surface area contributed by atoms with Crippen LogP contribution in [0.2, 0.25) is 0 Å². The molecule has 0 spiro atoms. The van der Waals surface area contributed by atoms with Crippen molar-refractivity contribution in [3.63, 3.8) is 0 Å². The SMILES string of the molecule is CC(=O)SC[C@@H](C)C(=O)O[C@@H](COc1ccccc1)C(=O)O. The number of thioether (sulfide) groups is 1. The number of carbonyl (C=O) groups excluding carboxylic acids is 2. The number of carboxylic acids is 1. The highest BCUT2D eigenvalue weighted by Crippen LogP contribution is 2.13. The van der Waals surface area contributed by atoms with Gasteiger partial charge in [-0.2, -0.15) is 0 Å². The van der Waals surface area contributed by atoms with Crippen LogP contribution in [0.15, 0.2) is 30.3 Å². The summed E-state index contributed by atoms with van der Waals surface area (Å²) < 4.78 is 10.2. The molecule has 0 saturated heterocycles. The van der Waals surface area contributed by atoms with Crippen LogP contribution in [0.4, 0.5) is 0 Å². The van der Waals surface area contributed by atoms with E-state index in [1.165, 1.54) is 6.92 Å². The van der Waals surface area contributed by atoms with Crippen LogP contribution in [0.25, 0.3) is 0 Å². The molecule has 0 radical (unpaired) electrons. The number of aliphatic carboxylic acids is 1. The Morgan fingerprint density at radius 1 is 1.23 bits per heavy atom. The molecule has 0 heterocycles. The van der Waals surface area contributed by atoms with Gasteiger partial charge in [0, 0.05) is 12.7 Å². The molecule has 0 unspecified atom stereocenters. The first-order valence-corrected chi connectivity index (χ1v) is 7.63. The number of hydrogen-bond donors (Lipinski definition) is 1. The summed E-state index contributed by atoms with van der Waals surface area (Å²) in [7, 11) is 0. The smallest absolute Gasteiger partial charge is 0.348 e. The molecule has 0 saturated carbocycles. The highest BCUT2D eigenvalue weighted by Gasteiger charge is 2.26. The number of carbonyl (C=O) groups is 3. The van der Waals surface area contributed by atoms with Crippen molar-refractivity contribution >= 4 is 28.8 Å². The molecule has 0 aromatic heterocycles. The molecular weight excluding hydrogens is 308 g/mol. The lowest BCUT2D eigenvalue weighted by molar-refractivity contribution is -0.168. The molecule has 1 aromatic rings. The molecule has 0 fully saturated rings. The summed E-state index contributed by atoms with van der Waals surface area (Å²) in [5.74, 6) is -1.79. The van der Waals surface area contributed by atoms with Gasteiger partial charge < -0.3 is 14.6 Å². The predicted molar refractivity (Wildman–Crippen MR) is 81.8 cm³/mol. The third-order valence-corrected chi connectivity index (χ3v) is 3.69. The molecular formula is C15H18O6S. The Labute approximate surface area is 132 Å². The van der Waals surface area contributed by atoms with Crippen LogP contribution in [-0.2, 0) is 19.1 Å². The van der Waals surface area contributed by atoms with Gasteiger partial charge in [0.05, 0.1) is 5.92 Å². The Hall–Kier alpha value is -2.02. The normalized spacial score (nSPS) is 13.0. The van der Waals surface area contributed by atoms with Gasteiger partial charge in [-0.25, -0.2) is 4.79 Å². The van der Waals surface area contributed by atoms with Crippen molar-refractivity contribution in [3.05, 3.63) is 30.3 Å². The van der Waals surface area contributed by atoms with E-state index >= 15 is 0 Å². The Morgan fingerprint density at radius 2 is 1.86 bits per heavy atom. The van der Waals surface area contributed by atoms with Crippen molar-refractivity contribution < 1.29 is 29.0 Å². The molecule has 0 aliphatic carbocycles. The van der Waals surface area contributed by atoms with E-state index < -0.39 is 24.0 Å². The number of para-hydroxylation sites is 1. The van der Waals surface area contributed by atoms with Crippen LogP contribution in [0.3, 0.4) is 0 Å². The van der Waals surface area contributed by atoms with Crippen LogP contribution in [0.1, 0.15) is 13.8 Å². The zero-order valence-electron chi connectivity index (χ0n) is 12.4. The summed E-state index contributed by atoms with van der Waals surface area (Å²) in [5.41, 5.74) is 0. The molecule has 0 bridgehead atoms. The minimum atomic E-state index is -1.39. The summed E-state index contributed by atoms with van der Waals surface area (Å²) >= 11 is 0.995. The maximum atomic E-state index is 11.8. The number of benzene rings is 1. The standard InChI is InChI=1S/C15H18O6S/c1-10(9-22-11(2)16)15(19)21-13(14(17)18)8-20-12-6-4-3-5-7-12/h3-7,10,13H,8-9H2,1-2H3,(H,17,18)/t10-,13+/m1/s1. The van der Waals surface area contributed by atoms with Gasteiger partial charge in [-0.15, -0.1) is 0 Å². The maximum absolute atomic E-state index is 11.8. The van der Waals surface area contributed by atoms with E-state index in [4.69, 9.17) is 14.6 Å². The fourth-order valence-electron chi connectivity index (χ4n) is 1.41. The average Bonchev–Trinajstić information content (AvgIpc) is 2.49. The zero-order valence-corrected chi connectivity index (χ0v) is 13.2. The van der Waals surface area contributed by atoms with Gasteiger partial charge in [0.15, 0.2) is 5.12 Å². The van der Waals surface area contributed by atoms with Crippen molar-refractivity contribution in [1.29, 1.82) is 0 Å². The topological polar surface area (TPSA) is 89.9 Å². The summed E-state index contributed by atoms with van der Waals surface area (Å²) in [6.45, 7) is 2.70. The zero-order chi connectivity index (χ0) is 16.5. The lowest BCUT2D eigenvalue weighted by Gasteiger charge is -2.17. The molecule has 120 valence electrons. The summed E-state index contributed by atoms with van der Waals surface area (Å²) in [6, 6.07) is 8.64. The van der Waals surface area contributed by atoms with E-state index in [0.717, 1.165) is 11.8 Å². The molecule has 1 N–H and O–H groups in total. The summed E-state index contributed by atoms with van der Waals surface area (Å²) in [4.78, 5) is 33.8. The minimum absolute atomic E-state index is 0.109. The molecule has 7 heteroatoms. The Morgan fingerprint density at radius 3 is 2.41 bits per heavy atom. The maximum Gasteiger partial charge on any atom is 0.348 e. The lowest BCUT2D eigenvalue weighted by atomic mass is 10.2. The predicted octanol–water partition coefficient (Wildman–Crippen LogP) is 1.98. The van der Waals surface area contributed by atoms with E-state index in [0.29, 0.717) is 5.75 Å². The minimum Gasteiger partial charge on any atom is -0.489 e. The van der Waals surface area contributed by atoms with Gasteiger partial charge in [0.2, 0.25) is 6.10 Å². The molecule has 2 atom stereocenters. The van der Waals surface area contributed by atoms with Crippen LogP contribution >= 0.6 is 11.8 Å². The summed E-state index contributed by atoms with van der Waals surface area (Å²) in [5, 5.41) is 8.97. The first-order valence-electron chi connectivity index (χ1n) is 6.64. The van der Waals surface area contributed by atoms with Crippen LogP contribution < -0.4 is 4.74 Å². The second-order valence-electron chi connectivity index (χ2n) is 4.59. The van der Waals surface area contributed by atoms with Gasteiger partial charge in [-0.3, -0.25) is 9.59 Å². The van der Waals surface area contributed by atoms with Gasteiger partial charge in [-0.1, -0.05) is 36.9 Å². The van der Waals surface area contributed by atoms with Gasteiger partial charge >= 0.3 is 11.9 Å². The molecule has 6 nitrogen and oxygen atoms in total. The van der Waals surface area contributed by atoms with E-state index in [1.807, 2.05) is 0 Å². The van der Waals surface area contributed by atoms with Crippen molar-refractivity contribution in [2.24, 2.45) is 5.92 Å². The van der Waals surface area contributed by atoms with Crippen LogP contribution in [0, 0.1) is 5.92 Å². The van der Waals surface area contributed by atoms with Crippen molar-refractivity contribution in [2.75, 3.05) is 12.4 Å². The van der Waals surface area contributed by atoms with Gasteiger partial charge in [0.1, 0.15) is 12.4 Å². The third kappa shape index (κ3) is 6.62. The highest BCUT2D eigenvalue weighted by molar-refractivity contribution is 8.13. The number of hydrogen-bond acceptors (Lipinski definition) is 6. The summed E-state index contributed by atoms with van der Waals surface area (Å²) in [6.07, 6.45) is -1.39. The second-order valence-corrected chi connectivity index (χ2v) is 5.79. The molecule has 0 amide bonds. The fraction of sp³-hybridized carbons (Fsp3) is 0.400. The third-order valence-electron chi connectivity index (χ3n) is 2.62. The Kier molecular flexibility index (Phi) is 7.45. The van der Waals surface area contributed by atoms with Crippen molar-refractivity contribution in [3.8, 4) is 5.75 Å². The van der Waals surface area contributed by atoms with Crippen LogP contribution in [0.5, 0.6) is 5.75 Å². The quantitative estimate of drug-likeness (QED) is 0.730. The Balaban J connectivity index is 2.51. The molecule has 0 aliphatic rings. The first-order chi connectivity index (χ1) is 10.4.